The minimum atomic E-state index is -0.590. The number of ketones is 1. The number of nitrogens with zero attached hydrogens (tertiary/aromatic N) is 17. The Bertz CT molecular complexity index is 4080. The van der Waals surface area contributed by atoms with Crippen molar-refractivity contribution in [2.75, 3.05) is 187 Å². The van der Waals surface area contributed by atoms with Gasteiger partial charge in [0.15, 0.2) is 0 Å². The van der Waals surface area contributed by atoms with E-state index >= 15 is 0 Å². The molecule has 6 N–H and O–H groups in total. The number of hydrogen-bond acceptors (Lipinski definition) is 24. The average Bonchev–Trinajstić information content (AvgIpc) is 1.62. The first-order chi connectivity index (χ1) is 51.2. The summed E-state index contributed by atoms with van der Waals surface area (Å²) in [7, 11) is 6.36. The number of para-hydroxylation sites is 5. The zero-order chi connectivity index (χ0) is 77.5. The molecule has 0 amide bonds. The number of likely N-dealkylation sites (N-methyl/N-ethyl adjacent to an activating group) is 3. The highest BCUT2D eigenvalue weighted by Crippen LogP contribution is 2.37. The summed E-state index contributed by atoms with van der Waals surface area (Å²) in [4.78, 5) is 67.0. The van der Waals surface area contributed by atoms with Gasteiger partial charge in [-0.3, -0.25) is 29.8 Å². The van der Waals surface area contributed by atoms with Gasteiger partial charge in [0.05, 0.1) is 106 Å². The second kappa shape index (κ2) is 46.7. The number of carbonyl (C=O) groups excluding carboxylic acids is 2. The summed E-state index contributed by atoms with van der Waals surface area (Å²) in [5.41, 5.74) is 17.7. The predicted octanol–water partition coefficient (Wildman–Crippen LogP) is 12.0. The fourth-order valence-corrected chi connectivity index (χ4v) is 12.7. The number of piperazine rings is 4. The molecule has 30 heteroatoms. The number of nitro groups is 2. The van der Waals surface area contributed by atoms with Crippen molar-refractivity contribution in [3.05, 3.63) is 128 Å². The molecule has 4 aliphatic heterocycles. The van der Waals surface area contributed by atoms with Crippen LogP contribution in [0.5, 0.6) is 0 Å². The van der Waals surface area contributed by atoms with E-state index in [0.717, 1.165) is 171 Å². The smallest absolute Gasteiger partial charge is 0.315 e. The lowest BCUT2D eigenvalue weighted by Gasteiger charge is -2.35. The maximum Gasteiger partial charge on any atom is 0.315 e. The number of aromatic nitrogens is 4. The number of rotatable bonds is 23. The van der Waals surface area contributed by atoms with Crippen LogP contribution in [0, 0.1) is 65.6 Å². The Balaban J connectivity index is 0.000000232. The maximum atomic E-state index is 11.4. The van der Waals surface area contributed by atoms with Gasteiger partial charge < -0.3 is 70.4 Å². The minimum absolute atomic E-state index is 0.0851. The van der Waals surface area contributed by atoms with Crippen molar-refractivity contribution >= 4 is 113 Å². The van der Waals surface area contributed by atoms with E-state index < -0.39 is 10.2 Å². The number of nitrogens with two attached hydrogens (primary N) is 1. The molecule has 0 spiro atoms. The topological polar surface area (TPSA) is 348 Å². The van der Waals surface area contributed by atoms with Gasteiger partial charge >= 0.3 is 11.4 Å². The van der Waals surface area contributed by atoms with E-state index in [9.17, 15) is 29.8 Å². The van der Waals surface area contributed by atoms with E-state index in [-0.39, 0.29) is 39.9 Å². The molecule has 4 saturated heterocycles. The van der Waals surface area contributed by atoms with Gasteiger partial charge in [-0.1, -0.05) is 76.6 Å². The monoisotopic (exact) mass is 1490 g/mol. The molecule has 4 aliphatic rings. The SMILES string of the molecule is CC.CC(=O)CC(=O)Cl.CCCn1c(CC)nc2c(N3CCNCC3)cccc21.CCc1nc2c(N3CCN(C)CC3)cccc2n1CCC#N.CN1CCN(c2cccc(NCCC#N)c2N)CC1.CN1CCN(c2cccc(NCCC#N)c2[N+](=O)[O-])CC1.N#CCCNc1cccc(Cl)c1[N+](=O)[O-]. The van der Waals surface area contributed by atoms with Gasteiger partial charge in [0.2, 0.25) is 5.24 Å². The van der Waals surface area contributed by atoms with Crippen LogP contribution >= 0.6 is 23.2 Å². The number of nitro benzene ring substituents is 2. The van der Waals surface area contributed by atoms with Gasteiger partial charge in [0.1, 0.15) is 50.6 Å². The number of anilines is 8. The molecule has 106 heavy (non-hydrogen) atoms. The number of fused-ring (bicyclic) bond motifs is 2. The Morgan fingerprint density at radius 2 is 0.896 bits per heavy atom. The normalized spacial score (nSPS) is 14.3. The first-order valence-electron chi connectivity index (χ1n) is 36.4. The zero-order valence-electron chi connectivity index (χ0n) is 63.1. The molecule has 5 aromatic carbocycles. The Hall–Kier alpha value is -10.0. The number of halogens is 2. The van der Waals surface area contributed by atoms with Crippen LogP contribution in [0.3, 0.4) is 0 Å². The highest BCUT2D eigenvalue weighted by atomic mass is 35.5. The summed E-state index contributed by atoms with van der Waals surface area (Å²) in [6.45, 7) is 31.0. The van der Waals surface area contributed by atoms with Crippen LogP contribution in [0.25, 0.3) is 22.1 Å². The lowest BCUT2D eigenvalue weighted by molar-refractivity contribution is -0.383. The third kappa shape index (κ3) is 26.2. The number of benzene rings is 5. The summed E-state index contributed by atoms with van der Waals surface area (Å²) in [6.07, 6.45) is 4.49. The van der Waals surface area contributed by atoms with Crippen LogP contribution in [-0.2, 0) is 35.5 Å². The molecule has 11 rings (SSSR count). The molecule has 2 aromatic heterocycles. The van der Waals surface area contributed by atoms with Gasteiger partial charge in [-0.15, -0.1) is 0 Å². The fourth-order valence-electron chi connectivity index (χ4n) is 12.2. The molecule has 28 nitrogen and oxygen atoms in total. The van der Waals surface area contributed by atoms with Crippen molar-refractivity contribution in [1.29, 1.82) is 21.0 Å². The second-order valence-electron chi connectivity index (χ2n) is 25.2. The largest absolute Gasteiger partial charge is 0.395 e. The van der Waals surface area contributed by atoms with E-state index in [1.54, 1.807) is 24.3 Å². The van der Waals surface area contributed by atoms with Gasteiger partial charge in [-0.25, -0.2) is 9.97 Å². The third-order valence-electron chi connectivity index (χ3n) is 17.7. The molecule has 0 unspecified atom stereocenters. The maximum absolute atomic E-state index is 11.4. The molecule has 4 fully saturated rings. The number of nitrogen functional groups attached to an aromatic ring is 1. The highest BCUT2D eigenvalue weighted by Gasteiger charge is 2.27. The van der Waals surface area contributed by atoms with Crippen LogP contribution in [0.1, 0.15) is 91.7 Å². The number of nitriles is 4. The number of hydrogen-bond donors (Lipinski definition) is 5. The molecule has 0 radical (unpaired) electrons. The third-order valence-corrected chi connectivity index (χ3v) is 18.1. The Labute approximate surface area is 634 Å². The van der Waals surface area contributed by atoms with E-state index in [1.807, 2.05) is 56.1 Å². The summed E-state index contributed by atoms with van der Waals surface area (Å²) in [6, 6.07) is 37.3. The molecule has 0 saturated carbocycles. The summed E-state index contributed by atoms with van der Waals surface area (Å²) in [5.74, 6) is 2.09. The van der Waals surface area contributed by atoms with Gasteiger partial charge in [-0.05, 0) is 107 Å². The summed E-state index contributed by atoms with van der Waals surface area (Å²) >= 11 is 10.5. The number of carbonyl (C=O) groups is 2. The molecular weight excluding hydrogens is 1390 g/mol. The Kier molecular flexibility index (Phi) is 38.2. The van der Waals surface area contributed by atoms with Crippen LogP contribution < -0.4 is 46.6 Å². The van der Waals surface area contributed by atoms with Crippen molar-refractivity contribution in [3.63, 3.8) is 0 Å². The number of Topliss-reactive ketones (excluding diaryl/α,β-unsaturated/α-hetero) is 1. The Morgan fingerprint density at radius 3 is 1.30 bits per heavy atom. The van der Waals surface area contributed by atoms with Crippen molar-refractivity contribution in [2.45, 2.75) is 106 Å². The first-order valence-corrected chi connectivity index (χ1v) is 37.2. The lowest BCUT2D eigenvalue weighted by atomic mass is 10.2. The van der Waals surface area contributed by atoms with Gasteiger partial charge in [-0.2, -0.15) is 21.0 Å². The lowest BCUT2D eigenvalue weighted by Crippen LogP contribution is -2.44. The second-order valence-corrected chi connectivity index (χ2v) is 26.0. The van der Waals surface area contributed by atoms with Crippen LogP contribution in [-0.4, -0.2) is 200 Å². The quantitative estimate of drug-likeness (QED) is 0.00992. The van der Waals surface area contributed by atoms with Crippen molar-refractivity contribution in [3.8, 4) is 24.3 Å². The number of imidazole rings is 2. The predicted molar refractivity (Wildman–Crippen MR) is 429 cm³/mol. The molecular formula is C76H106Cl2N22O6. The fraction of sp³-hybridized carbons (Fsp3) is 0.500. The van der Waals surface area contributed by atoms with Gasteiger partial charge in [0, 0.05) is 150 Å². The molecule has 0 atom stereocenters. The van der Waals surface area contributed by atoms with E-state index in [0.29, 0.717) is 56.0 Å². The first kappa shape index (κ1) is 86.6. The van der Waals surface area contributed by atoms with E-state index in [1.165, 1.54) is 41.2 Å². The zero-order valence-corrected chi connectivity index (χ0v) is 64.6. The molecule has 6 heterocycles. The van der Waals surface area contributed by atoms with Crippen LogP contribution in [0.4, 0.5) is 56.9 Å². The molecule has 7 aromatic rings. The highest BCUT2D eigenvalue weighted by molar-refractivity contribution is 6.64. The summed E-state index contributed by atoms with van der Waals surface area (Å²) < 4.78 is 4.60. The van der Waals surface area contributed by atoms with Crippen molar-refractivity contribution in [1.82, 2.24) is 39.1 Å². The van der Waals surface area contributed by atoms with Gasteiger partial charge in [0.25, 0.3) is 0 Å². The molecule has 0 aliphatic carbocycles. The van der Waals surface area contributed by atoms with Crippen LogP contribution in [0.2, 0.25) is 5.02 Å². The van der Waals surface area contributed by atoms with Crippen LogP contribution in [0.15, 0.2) is 91.0 Å². The summed E-state index contributed by atoms with van der Waals surface area (Å²) in [5, 5.41) is 68.4. The minimum Gasteiger partial charge on any atom is -0.395 e. The number of nitrogens with one attached hydrogen (secondary N) is 4. The standard InChI is InChI=1S/C17H23N5.C16H24N4.C14H19N5O2.C14H21N5.C9H8ClN3O2.C4H5ClO2.C2H6/c1-3-16-19-17-14(21-12-10-20(2)11-13-21)6-4-7-15(17)22(16)9-5-8-18;1-3-10-20-14-7-5-6-13(16(14)18-15(20)4-2)19-11-8-17-9-12-19;1-17-8-10-18(11-9-17)13-5-2-4-12(14(13)19(20)21)16-7-3-6-15;1-18-8-10-19(11-9-18)13-5-2-4-12(14(13)16)17-7-3-6-15;10-7-3-1-4-8(9(7)13(14)15)12-6-2-5-11;1-3(6)2-4(5)7;1-2/h4,6-7H,3,5,9-13H2,1-2H3;5-7,17H,3-4,8-12H2,1-2H3;2,4-5,16H,3,7-11H2,1H3;2,4-5,17H,3,7-11,16H2,1H3;1,3-4,12H,2,6H2;2H2,1H3;1-2H3. The van der Waals surface area contributed by atoms with E-state index in [4.69, 9.17) is 60.0 Å². The molecule has 570 valence electrons. The Morgan fingerprint density at radius 1 is 0.528 bits per heavy atom. The molecule has 0 bridgehead atoms. The van der Waals surface area contributed by atoms with Crippen molar-refractivity contribution in [2.24, 2.45) is 0 Å². The number of aryl methyl sites for hydroxylation is 4. The average molecular weight is 1490 g/mol. The van der Waals surface area contributed by atoms with Crippen molar-refractivity contribution < 1.29 is 19.4 Å². The van der Waals surface area contributed by atoms with E-state index in [2.05, 4.69) is 149 Å².